The quantitative estimate of drug-likeness (QED) is 0.166. The molecule has 3 nitrogen and oxygen atoms in total. The molecule has 0 amide bonds. The Morgan fingerprint density at radius 3 is 1.87 bits per heavy atom. The number of nitrogens with zero attached hydrogens (tertiary/aromatic N) is 3. The van der Waals surface area contributed by atoms with E-state index in [2.05, 4.69) is 252 Å². The largest absolute Gasteiger partial charge is 0.310 e. The minimum atomic E-state index is -0.508. The molecule has 12 rings (SSSR count). The van der Waals surface area contributed by atoms with Crippen LogP contribution in [0.25, 0.3) is 44.7 Å². The summed E-state index contributed by atoms with van der Waals surface area (Å²) in [7, 11) is 0. The zero-order valence-corrected chi connectivity index (χ0v) is 40.4. The third-order valence-electron chi connectivity index (χ3n) is 15.4. The molecule has 0 saturated carbocycles. The van der Waals surface area contributed by atoms with Crippen molar-refractivity contribution in [2.75, 3.05) is 4.90 Å². The van der Waals surface area contributed by atoms with Gasteiger partial charge in [0.2, 0.25) is 0 Å². The van der Waals surface area contributed by atoms with Crippen LogP contribution in [0.4, 0.5) is 17.1 Å². The number of aromatic nitrogens is 2. The van der Waals surface area contributed by atoms with E-state index in [0.717, 1.165) is 59.0 Å². The summed E-state index contributed by atoms with van der Waals surface area (Å²) in [6, 6.07) is 59.8. The van der Waals surface area contributed by atoms with E-state index >= 15 is 0 Å². The minimum Gasteiger partial charge on any atom is -0.310 e. The van der Waals surface area contributed by atoms with E-state index in [-0.39, 0.29) is 16.2 Å². The normalized spacial score (nSPS) is 19.1. The maximum absolute atomic E-state index is 5.51. The van der Waals surface area contributed by atoms with Gasteiger partial charge in [-0.1, -0.05) is 188 Å². The van der Waals surface area contributed by atoms with E-state index in [0.29, 0.717) is 0 Å². The highest BCUT2D eigenvalue weighted by molar-refractivity contribution is 6.06. The van der Waals surface area contributed by atoms with Gasteiger partial charge in [0.1, 0.15) is 0 Å². The topological polar surface area (TPSA) is 21.1 Å². The SMILES string of the molecule is CC(C)(C)c1ccc(N(c2ccc(C(C)(C)C)cc2)c2ccc3c(c2)c2c(n3-c3cc(-c4ccccc4)nc(C4(C)C=CC=CC4)c3)-c3ccccc3C23C2=C(CCC=C2)c2ccccc23)cc1. The van der Waals surface area contributed by atoms with Crippen molar-refractivity contribution in [3.63, 3.8) is 0 Å². The Hall–Kier alpha value is -7.23. The van der Waals surface area contributed by atoms with Gasteiger partial charge in [0, 0.05) is 44.6 Å². The summed E-state index contributed by atoms with van der Waals surface area (Å²) in [4.78, 5) is 7.97. The van der Waals surface area contributed by atoms with Gasteiger partial charge >= 0.3 is 0 Å². The van der Waals surface area contributed by atoms with Gasteiger partial charge in [0.25, 0.3) is 0 Å². The molecule has 4 aliphatic rings. The lowest BCUT2D eigenvalue weighted by atomic mass is 9.68. The van der Waals surface area contributed by atoms with Crippen LogP contribution in [0.5, 0.6) is 0 Å². The molecule has 2 unspecified atom stereocenters. The summed E-state index contributed by atoms with van der Waals surface area (Å²) in [6.45, 7) is 16.1. The molecular formula is C65H59N3. The van der Waals surface area contributed by atoms with Crippen LogP contribution in [0.2, 0.25) is 0 Å². The fourth-order valence-corrected chi connectivity index (χ4v) is 11.8. The Kier molecular flexibility index (Phi) is 9.55. The highest BCUT2D eigenvalue weighted by Crippen LogP contribution is 2.66. The van der Waals surface area contributed by atoms with Gasteiger partial charge in [-0.3, -0.25) is 4.98 Å². The monoisotopic (exact) mass is 881 g/mol. The molecule has 1 spiro atoms. The molecule has 3 heteroatoms. The lowest BCUT2D eigenvalue weighted by molar-refractivity contribution is 0.579. The van der Waals surface area contributed by atoms with E-state index in [1.807, 2.05) is 0 Å². The first-order valence-corrected chi connectivity index (χ1v) is 24.6. The summed E-state index contributed by atoms with van der Waals surface area (Å²) >= 11 is 0. The van der Waals surface area contributed by atoms with Crippen molar-refractivity contribution in [2.45, 2.75) is 89.4 Å². The lowest BCUT2D eigenvalue weighted by Crippen LogP contribution is -2.27. The van der Waals surface area contributed by atoms with Crippen LogP contribution in [0.3, 0.4) is 0 Å². The Morgan fingerprint density at radius 2 is 1.22 bits per heavy atom. The second-order valence-electron chi connectivity index (χ2n) is 21.7. The van der Waals surface area contributed by atoms with Gasteiger partial charge in [-0.2, -0.15) is 0 Å². The van der Waals surface area contributed by atoms with Gasteiger partial charge in [-0.15, -0.1) is 0 Å². The van der Waals surface area contributed by atoms with Crippen molar-refractivity contribution in [1.29, 1.82) is 0 Å². The number of rotatable bonds is 6. The molecule has 0 bridgehead atoms. The summed E-state index contributed by atoms with van der Waals surface area (Å²) < 4.78 is 2.60. The average molecular weight is 882 g/mol. The highest BCUT2D eigenvalue weighted by Gasteiger charge is 2.55. The molecule has 8 aromatic rings. The van der Waals surface area contributed by atoms with E-state index < -0.39 is 5.41 Å². The van der Waals surface area contributed by atoms with Gasteiger partial charge in [0.15, 0.2) is 0 Å². The second-order valence-corrected chi connectivity index (χ2v) is 21.7. The van der Waals surface area contributed by atoms with Crippen LogP contribution in [-0.2, 0) is 21.7 Å². The van der Waals surface area contributed by atoms with Gasteiger partial charge in [-0.05, 0) is 124 Å². The van der Waals surface area contributed by atoms with Crippen LogP contribution in [0.1, 0.15) is 107 Å². The molecule has 0 N–H and O–H groups in total. The smallest absolute Gasteiger partial charge is 0.0744 e. The van der Waals surface area contributed by atoms with Crippen molar-refractivity contribution in [3.8, 4) is 28.2 Å². The van der Waals surface area contributed by atoms with Crippen molar-refractivity contribution in [1.82, 2.24) is 9.55 Å². The van der Waals surface area contributed by atoms with E-state index in [9.17, 15) is 0 Å². The van der Waals surface area contributed by atoms with Crippen molar-refractivity contribution < 1.29 is 0 Å². The highest BCUT2D eigenvalue weighted by atomic mass is 15.1. The Labute approximate surface area is 402 Å². The van der Waals surface area contributed by atoms with E-state index in [1.165, 1.54) is 66.7 Å². The first-order chi connectivity index (χ1) is 32.8. The van der Waals surface area contributed by atoms with E-state index in [1.54, 1.807) is 0 Å². The lowest BCUT2D eigenvalue weighted by Gasteiger charge is -2.32. The van der Waals surface area contributed by atoms with Crippen molar-refractivity contribution in [2.24, 2.45) is 0 Å². The van der Waals surface area contributed by atoms with Gasteiger partial charge < -0.3 is 9.47 Å². The number of hydrogen-bond acceptors (Lipinski definition) is 2. The fraction of sp³-hybridized carbons (Fsp3) is 0.215. The zero-order chi connectivity index (χ0) is 46.6. The minimum absolute atomic E-state index is 0.0384. The second kappa shape index (κ2) is 15.4. The third kappa shape index (κ3) is 6.42. The van der Waals surface area contributed by atoms with Crippen LogP contribution in [0.15, 0.2) is 200 Å². The van der Waals surface area contributed by atoms with Gasteiger partial charge in [-0.25, -0.2) is 0 Å². The van der Waals surface area contributed by atoms with Crippen LogP contribution in [-0.4, -0.2) is 9.55 Å². The predicted octanol–water partition coefficient (Wildman–Crippen LogP) is 17.0. The molecule has 334 valence electrons. The molecule has 0 saturated heterocycles. The summed E-state index contributed by atoms with van der Waals surface area (Å²) in [5.41, 5.74) is 21.7. The predicted molar refractivity (Wildman–Crippen MR) is 286 cm³/mol. The number of fused-ring (bicyclic) bond motifs is 11. The molecule has 2 heterocycles. The first-order valence-electron chi connectivity index (χ1n) is 24.6. The number of allylic oxidation sites excluding steroid dienone is 8. The first kappa shape index (κ1) is 42.1. The molecule has 68 heavy (non-hydrogen) atoms. The van der Waals surface area contributed by atoms with Crippen LogP contribution in [0, 0.1) is 0 Å². The zero-order valence-electron chi connectivity index (χ0n) is 40.4. The summed E-state index contributed by atoms with van der Waals surface area (Å²) in [5, 5.41) is 1.25. The number of hydrogen-bond donors (Lipinski definition) is 0. The fourth-order valence-electron chi connectivity index (χ4n) is 11.8. The Balaban J connectivity index is 1.19. The maximum Gasteiger partial charge on any atom is 0.0744 e. The molecule has 2 aromatic heterocycles. The van der Waals surface area contributed by atoms with Crippen LogP contribution >= 0.6 is 0 Å². The van der Waals surface area contributed by atoms with Gasteiger partial charge in [0.05, 0.1) is 33.7 Å². The molecule has 0 radical (unpaired) electrons. The molecular weight excluding hydrogens is 823 g/mol. The van der Waals surface area contributed by atoms with Crippen LogP contribution < -0.4 is 4.90 Å². The molecule has 4 aliphatic carbocycles. The summed E-state index contributed by atoms with van der Waals surface area (Å²) in [6.07, 6.45) is 16.8. The average Bonchev–Trinajstić information content (AvgIpc) is 3.96. The Morgan fingerprint density at radius 1 is 0.603 bits per heavy atom. The molecule has 0 aliphatic heterocycles. The molecule has 0 fully saturated rings. The Bertz CT molecular complexity index is 3380. The number of pyridine rings is 1. The molecule has 2 atom stereocenters. The summed E-state index contributed by atoms with van der Waals surface area (Å²) in [5.74, 6) is 0. The van der Waals surface area contributed by atoms with Crippen molar-refractivity contribution in [3.05, 3.63) is 239 Å². The standard InChI is InChI=1S/C65H59N3/c1-62(2,3)44-28-32-46(33-29-44)67(47-34-30-45(31-35-47)63(4,5)6)48-36-37-58-53(40-48)60-61(52-24-14-17-27-56(52)65(60)54-25-15-12-22-50(54)51-23-13-16-26-55(51)65)68(58)49-41-57(43-20-10-8-11-21-43)66-59(42-49)64(7)38-18-9-19-39-64/h8-12,14-22,24-38,40-42H,13,23,39H2,1-7H3. The van der Waals surface area contributed by atoms with Crippen molar-refractivity contribution >= 4 is 33.5 Å². The van der Waals surface area contributed by atoms with E-state index in [4.69, 9.17) is 4.98 Å². The number of benzene rings is 6. The maximum atomic E-state index is 5.51. The molecule has 6 aromatic carbocycles. The third-order valence-corrected chi connectivity index (χ3v) is 15.4. The number of anilines is 3.